The fourth-order valence-electron chi connectivity index (χ4n) is 1.13. The van der Waals surface area contributed by atoms with E-state index in [-0.39, 0.29) is 6.42 Å². The lowest BCUT2D eigenvalue weighted by Gasteiger charge is -2.12. The van der Waals surface area contributed by atoms with Crippen LogP contribution >= 0.6 is 23.2 Å². The molecule has 1 aromatic rings. The van der Waals surface area contributed by atoms with Crippen LogP contribution in [0.5, 0.6) is 0 Å². The Morgan fingerprint density at radius 2 is 2.07 bits per heavy atom. The lowest BCUT2D eigenvalue weighted by Crippen LogP contribution is -2.20. The number of rotatable bonds is 3. The summed E-state index contributed by atoms with van der Waals surface area (Å²) < 4.78 is 0. The van der Waals surface area contributed by atoms with Gasteiger partial charge in [-0.3, -0.25) is 4.79 Å². The maximum atomic E-state index is 10.6. The molecule has 0 aliphatic rings. The molecule has 5 heteroatoms. The molecule has 0 spiro atoms. The van der Waals surface area contributed by atoms with Crippen molar-refractivity contribution < 1.29 is 4.79 Å². The van der Waals surface area contributed by atoms with Crippen LogP contribution in [0.15, 0.2) is 18.2 Å². The molecule has 1 unspecified atom stereocenters. The van der Waals surface area contributed by atoms with Crippen molar-refractivity contribution in [3.8, 4) is 0 Å². The molecule has 3 nitrogen and oxygen atoms in total. The van der Waals surface area contributed by atoms with Crippen LogP contribution in [0.25, 0.3) is 0 Å². The standard InChI is InChI=1S/C9H10Cl2N2O/c10-6-3-1-2-5(9(6)11)7(12)4-8(13)14/h1-3,7H,4,12H2,(H2,13,14). The van der Waals surface area contributed by atoms with Crippen molar-refractivity contribution in [1.29, 1.82) is 0 Å². The molecule has 1 atom stereocenters. The molecule has 76 valence electrons. The lowest BCUT2D eigenvalue weighted by atomic mass is 10.0. The van der Waals surface area contributed by atoms with Gasteiger partial charge < -0.3 is 11.5 Å². The molecule has 0 heterocycles. The minimum atomic E-state index is -0.501. The summed E-state index contributed by atoms with van der Waals surface area (Å²) in [5.74, 6) is -0.464. The zero-order chi connectivity index (χ0) is 10.7. The van der Waals surface area contributed by atoms with Gasteiger partial charge in [0.15, 0.2) is 0 Å². The van der Waals surface area contributed by atoms with Gasteiger partial charge in [-0.15, -0.1) is 0 Å². The summed E-state index contributed by atoms with van der Waals surface area (Å²) in [6, 6.07) is 4.61. The van der Waals surface area contributed by atoms with Crippen LogP contribution in [0.3, 0.4) is 0 Å². The van der Waals surface area contributed by atoms with Crippen LogP contribution in [0.4, 0.5) is 0 Å². The highest BCUT2D eigenvalue weighted by molar-refractivity contribution is 6.42. The predicted octanol–water partition coefficient (Wildman–Crippen LogP) is 1.87. The second-order valence-corrected chi connectivity index (χ2v) is 3.71. The van der Waals surface area contributed by atoms with Crippen LogP contribution < -0.4 is 11.5 Å². The van der Waals surface area contributed by atoms with Crippen LogP contribution in [0, 0.1) is 0 Å². The van der Waals surface area contributed by atoms with E-state index < -0.39 is 11.9 Å². The first-order valence-corrected chi connectivity index (χ1v) is 4.75. The molecule has 0 bridgehead atoms. The van der Waals surface area contributed by atoms with E-state index in [1.54, 1.807) is 18.2 Å². The normalized spacial score (nSPS) is 12.5. The summed E-state index contributed by atoms with van der Waals surface area (Å²) in [7, 11) is 0. The van der Waals surface area contributed by atoms with Gasteiger partial charge in [0.2, 0.25) is 5.91 Å². The van der Waals surface area contributed by atoms with Crippen molar-refractivity contribution in [2.75, 3.05) is 0 Å². The number of hydrogen-bond acceptors (Lipinski definition) is 2. The van der Waals surface area contributed by atoms with Gasteiger partial charge in [0, 0.05) is 12.5 Å². The van der Waals surface area contributed by atoms with E-state index in [1.807, 2.05) is 0 Å². The SMILES string of the molecule is NC(=O)CC(N)c1cccc(Cl)c1Cl. The van der Waals surface area contributed by atoms with Gasteiger partial charge in [-0.2, -0.15) is 0 Å². The Labute approximate surface area is 92.0 Å². The Morgan fingerprint density at radius 1 is 1.43 bits per heavy atom. The van der Waals surface area contributed by atoms with Gasteiger partial charge >= 0.3 is 0 Å². The summed E-state index contributed by atoms with van der Waals surface area (Å²) in [5.41, 5.74) is 11.4. The second kappa shape index (κ2) is 4.64. The molecule has 0 radical (unpaired) electrons. The molecule has 4 N–H and O–H groups in total. The Kier molecular flexibility index (Phi) is 3.75. The van der Waals surface area contributed by atoms with E-state index in [4.69, 9.17) is 34.7 Å². The number of benzene rings is 1. The summed E-state index contributed by atoms with van der Waals surface area (Å²) >= 11 is 11.7. The van der Waals surface area contributed by atoms with Crippen molar-refractivity contribution >= 4 is 29.1 Å². The molecule has 0 fully saturated rings. The first-order valence-electron chi connectivity index (χ1n) is 4.00. The van der Waals surface area contributed by atoms with E-state index in [9.17, 15) is 4.79 Å². The molecule has 0 aromatic heterocycles. The van der Waals surface area contributed by atoms with Gasteiger partial charge in [0.1, 0.15) is 0 Å². The van der Waals surface area contributed by atoms with Crippen molar-refractivity contribution in [3.63, 3.8) is 0 Å². The lowest BCUT2D eigenvalue weighted by molar-refractivity contribution is -0.118. The highest BCUT2D eigenvalue weighted by Gasteiger charge is 2.13. The van der Waals surface area contributed by atoms with Gasteiger partial charge in [-0.1, -0.05) is 35.3 Å². The van der Waals surface area contributed by atoms with Gasteiger partial charge in [0.05, 0.1) is 10.0 Å². The highest BCUT2D eigenvalue weighted by Crippen LogP contribution is 2.29. The van der Waals surface area contributed by atoms with Crippen molar-refractivity contribution in [3.05, 3.63) is 33.8 Å². The summed E-state index contributed by atoms with van der Waals surface area (Å²) in [4.78, 5) is 10.6. The van der Waals surface area contributed by atoms with Crippen LogP contribution in [-0.2, 0) is 4.79 Å². The number of halogens is 2. The minimum Gasteiger partial charge on any atom is -0.370 e. The van der Waals surface area contributed by atoms with E-state index in [0.29, 0.717) is 15.6 Å². The molecule has 0 aliphatic carbocycles. The molecule has 1 aromatic carbocycles. The van der Waals surface area contributed by atoms with Gasteiger partial charge in [0.25, 0.3) is 0 Å². The third kappa shape index (κ3) is 2.61. The summed E-state index contributed by atoms with van der Waals surface area (Å²) in [6.07, 6.45) is 0.0556. The van der Waals surface area contributed by atoms with Crippen LogP contribution in [0.1, 0.15) is 18.0 Å². The third-order valence-electron chi connectivity index (χ3n) is 1.80. The van der Waals surface area contributed by atoms with E-state index in [2.05, 4.69) is 0 Å². The average molecular weight is 233 g/mol. The molecule has 14 heavy (non-hydrogen) atoms. The number of nitrogens with two attached hydrogens (primary N) is 2. The number of hydrogen-bond donors (Lipinski definition) is 2. The molecule has 0 aliphatic heterocycles. The summed E-state index contributed by atoms with van der Waals surface area (Å²) in [6.45, 7) is 0. The highest BCUT2D eigenvalue weighted by atomic mass is 35.5. The zero-order valence-electron chi connectivity index (χ0n) is 7.34. The smallest absolute Gasteiger partial charge is 0.219 e. The largest absolute Gasteiger partial charge is 0.370 e. The van der Waals surface area contributed by atoms with E-state index >= 15 is 0 Å². The topological polar surface area (TPSA) is 69.1 Å². The van der Waals surface area contributed by atoms with Crippen LogP contribution in [0.2, 0.25) is 10.0 Å². The van der Waals surface area contributed by atoms with Crippen LogP contribution in [-0.4, -0.2) is 5.91 Å². The molecular weight excluding hydrogens is 223 g/mol. The van der Waals surface area contributed by atoms with Crippen molar-refractivity contribution in [2.24, 2.45) is 11.5 Å². The average Bonchev–Trinajstić information content (AvgIpc) is 2.08. The molecule has 1 amide bonds. The maximum absolute atomic E-state index is 10.6. The Balaban J connectivity index is 2.95. The fourth-order valence-corrected chi connectivity index (χ4v) is 1.58. The van der Waals surface area contributed by atoms with Gasteiger partial charge in [-0.05, 0) is 11.6 Å². The minimum absolute atomic E-state index is 0.0556. The number of primary amides is 1. The Morgan fingerprint density at radius 3 is 2.64 bits per heavy atom. The van der Waals surface area contributed by atoms with Gasteiger partial charge in [-0.25, -0.2) is 0 Å². The summed E-state index contributed by atoms with van der Waals surface area (Å²) in [5, 5.41) is 0.798. The second-order valence-electron chi connectivity index (χ2n) is 2.92. The predicted molar refractivity (Wildman–Crippen MR) is 57.2 cm³/mol. The van der Waals surface area contributed by atoms with Crippen molar-refractivity contribution in [1.82, 2.24) is 0 Å². The van der Waals surface area contributed by atoms with E-state index in [1.165, 1.54) is 0 Å². The third-order valence-corrected chi connectivity index (χ3v) is 2.64. The number of amides is 1. The first-order chi connectivity index (χ1) is 6.52. The zero-order valence-corrected chi connectivity index (χ0v) is 8.85. The quantitative estimate of drug-likeness (QED) is 0.836. The fraction of sp³-hybridized carbons (Fsp3) is 0.222. The van der Waals surface area contributed by atoms with Crippen molar-refractivity contribution in [2.45, 2.75) is 12.5 Å². The molecule has 0 saturated heterocycles. The van der Waals surface area contributed by atoms with E-state index in [0.717, 1.165) is 0 Å². The molecule has 1 rings (SSSR count). The molecular formula is C9H10Cl2N2O. The number of carbonyl (C=O) groups is 1. The molecule has 0 saturated carbocycles. The number of carbonyl (C=O) groups excluding carboxylic acids is 1. The Hall–Kier alpha value is -0.770. The monoisotopic (exact) mass is 232 g/mol. The Bertz CT molecular complexity index is 355. The first kappa shape index (κ1) is 11.3. The maximum Gasteiger partial charge on any atom is 0.219 e.